The van der Waals surface area contributed by atoms with Crippen molar-refractivity contribution in [2.45, 2.75) is 38.1 Å². The Kier molecular flexibility index (Phi) is 2.76. The van der Waals surface area contributed by atoms with Crippen molar-refractivity contribution in [1.29, 1.82) is 0 Å². The molecule has 1 radical (unpaired) electrons. The van der Waals surface area contributed by atoms with E-state index in [1.54, 1.807) is 0 Å². The summed E-state index contributed by atoms with van der Waals surface area (Å²) < 4.78 is 38.7. The van der Waals surface area contributed by atoms with Gasteiger partial charge in [0.25, 0.3) is 0 Å². The van der Waals surface area contributed by atoms with Crippen molar-refractivity contribution in [1.82, 2.24) is 0 Å². The molecule has 0 heterocycles. The van der Waals surface area contributed by atoms with Gasteiger partial charge in [-0.25, -0.2) is 0 Å². The van der Waals surface area contributed by atoms with Gasteiger partial charge in [0.15, 0.2) is 0 Å². The topological polar surface area (TPSA) is 9.23 Å². The number of rotatable bonds is 1. The summed E-state index contributed by atoms with van der Waals surface area (Å²) in [6.45, 7) is 0. The van der Waals surface area contributed by atoms with Gasteiger partial charge in [-0.3, -0.25) is 4.74 Å². The molecule has 1 saturated carbocycles. The van der Waals surface area contributed by atoms with Crippen LogP contribution in [0, 0.1) is 6.42 Å². The van der Waals surface area contributed by atoms with Crippen LogP contribution in [0.2, 0.25) is 0 Å². The smallest absolute Gasteiger partial charge is 0.289 e. The van der Waals surface area contributed by atoms with Gasteiger partial charge in [0, 0.05) is 0 Å². The first-order valence-electron chi connectivity index (χ1n) is 3.64. The van der Waals surface area contributed by atoms with Gasteiger partial charge in [-0.2, -0.15) is 0 Å². The largest absolute Gasteiger partial charge is 0.522 e. The van der Waals surface area contributed by atoms with E-state index < -0.39 is 12.5 Å². The van der Waals surface area contributed by atoms with Crippen LogP contribution < -0.4 is 0 Å². The Morgan fingerprint density at radius 1 is 1.36 bits per heavy atom. The maximum absolute atomic E-state index is 11.6. The molecule has 1 aliphatic rings. The Labute approximate surface area is 63.5 Å². The highest BCUT2D eigenvalue weighted by Crippen LogP contribution is 2.26. The highest BCUT2D eigenvalue weighted by atomic mass is 19.4. The zero-order valence-electron chi connectivity index (χ0n) is 6.03. The quantitative estimate of drug-likeness (QED) is 0.583. The molecule has 0 N–H and O–H groups in total. The highest BCUT2D eigenvalue weighted by Gasteiger charge is 2.33. The van der Waals surface area contributed by atoms with Crippen LogP contribution >= 0.6 is 0 Å². The second-order valence-electron chi connectivity index (χ2n) is 2.64. The first-order chi connectivity index (χ1) is 5.08. The summed E-state index contributed by atoms with van der Waals surface area (Å²) in [7, 11) is 0. The molecule has 1 aliphatic carbocycles. The number of halogens is 3. The molecule has 0 aliphatic heterocycles. The minimum absolute atomic E-state index is 0.430. The number of alkyl halides is 3. The normalized spacial score (nSPS) is 22.1. The molecule has 0 bridgehead atoms. The third-order valence-electron chi connectivity index (χ3n) is 1.66. The van der Waals surface area contributed by atoms with Crippen LogP contribution in [0.5, 0.6) is 0 Å². The van der Waals surface area contributed by atoms with Gasteiger partial charge < -0.3 is 0 Å². The predicted octanol–water partition coefficient (Wildman–Crippen LogP) is 2.67. The van der Waals surface area contributed by atoms with Crippen molar-refractivity contribution in [3.05, 3.63) is 6.42 Å². The second-order valence-corrected chi connectivity index (χ2v) is 2.64. The fourth-order valence-corrected chi connectivity index (χ4v) is 1.21. The van der Waals surface area contributed by atoms with Gasteiger partial charge in [-0.1, -0.05) is 6.42 Å². The maximum Gasteiger partial charge on any atom is 0.522 e. The van der Waals surface area contributed by atoms with Crippen LogP contribution in [0.1, 0.15) is 25.7 Å². The van der Waals surface area contributed by atoms with Crippen molar-refractivity contribution < 1.29 is 17.9 Å². The molecule has 0 aromatic carbocycles. The summed E-state index contributed by atoms with van der Waals surface area (Å²) in [6, 6.07) is 0. The molecule has 0 aromatic rings. The molecule has 0 spiro atoms. The average Bonchev–Trinajstić information content (AvgIpc) is 1.85. The second kappa shape index (κ2) is 3.43. The zero-order valence-corrected chi connectivity index (χ0v) is 6.03. The Bertz CT molecular complexity index is 115. The molecule has 0 saturated heterocycles. The standard InChI is InChI=1S/C7H10F3O/c8-7(9,10)11-6-4-2-1-3-5-6/h2,6H,1,3-5H2. The number of hydrogen-bond donors (Lipinski definition) is 0. The van der Waals surface area contributed by atoms with Crippen LogP contribution in [0.25, 0.3) is 0 Å². The third-order valence-corrected chi connectivity index (χ3v) is 1.66. The predicted molar refractivity (Wildman–Crippen MR) is 33.7 cm³/mol. The van der Waals surface area contributed by atoms with Gasteiger partial charge in [-0.15, -0.1) is 13.2 Å². The summed E-state index contributed by atoms with van der Waals surface area (Å²) in [5, 5.41) is 0. The first-order valence-corrected chi connectivity index (χ1v) is 3.64. The van der Waals surface area contributed by atoms with E-state index in [0.29, 0.717) is 12.8 Å². The van der Waals surface area contributed by atoms with Gasteiger partial charge in [0.1, 0.15) is 0 Å². The molecule has 0 aromatic heterocycles. The lowest BCUT2D eigenvalue weighted by atomic mass is 9.98. The summed E-state index contributed by atoms with van der Waals surface area (Å²) in [5.74, 6) is 0. The Morgan fingerprint density at radius 3 is 2.55 bits per heavy atom. The third kappa shape index (κ3) is 3.60. The monoisotopic (exact) mass is 167 g/mol. The van der Waals surface area contributed by atoms with Crippen LogP contribution in [0.15, 0.2) is 0 Å². The summed E-state index contributed by atoms with van der Waals surface area (Å²) in [5.41, 5.74) is 0. The Hall–Kier alpha value is -0.250. The van der Waals surface area contributed by atoms with Crippen LogP contribution in [0.3, 0.4) is 0 Å². The minimum atomic E-state index is -4.46. The lowest BCUT2D eigenvalue weighted by Gasteiger charge is -2.22. The molecule has 1 unspecified atom stereocenters. The molecule has 1 rings (SSSR count). The molecule has 65 valence electrons. The van der Waals surface area contributed by atoms with Crippen LogP contribution in [-0.2, 0) is 4.74 Å². The highest BCUT2D eigenvalue weighted by molar-refractivity contribution is 4.78. The zero-order chi connectivity index (χ0) is 8.32. The van der Waals surface area contributed by atoms with Gasteiger partial charge in [0.05, 0.1) is 6.10 Å². The fourth-order valence-electron chi connectivity index (χ4n) is 1.21. The maximum atomic E-state index is 11.6. The van der Waals surface area contributed by atoms with Crippen molar-refractivity contribution in [3.63, 3.8) is 0 Å². The number of hydrogen-bond acceptors (Lipinski definition) is 1. The summed E-state index contributed by atoms with van der Waals surface area (Å²) in [6.07, 6.45) is -0.576. The van der Waals surface area contributed by atoms with E-state index in [1.165, 1.54) is 0 Å². The van der Waals surface area contributed by atoms with Crippen LogP contribution in [0.4, 0.5) is 13.2 Å². The van der Waals surface area contributed by atoms with E-state index in [0.717, 1.165) is 12.8 Å². The molecule has 1 atom stereocenters. The molecule has 11 heavy (non-hydrogen) atoms. The van der Waals surface area contributed by atoms with Gasteiger partial charge in [-0.05, 0) is 25.7 Å². The van der Waals surface area contributed by atoms with Crippen molar-refractivity contribution in [2.24, 2.45) is 0 Å². The van der Waals surface area contributed by atoms with E-state index >= 15 is 0 Å². The van der Waals surface area contributed by atoms with Crippen molar-refractivity contribution in [2.75, 3.05) is 0 Å². The van der Waals surface area contributed by atoms with Crippen molar-refractivity contribution in [3.8, 4) is 0 Å². The molecule has 1 fully saturated rings. The van der Waals surface area contributed by atoms with Crippen LogP contribution in [-0.4, -0.2) is 12.5 Å². The molecule has 0 amide bonds. The Balaban J connectivity index is 2.24. The fraction of sp³-hybridized carbons (Fsp3) is 0.857. The van der Waals surface area contributed by atoms with E-state index in [2.05, 4.69) is 4.74 Å². The van der Waals surface area contributed by atoms with E-state index in [4.69, 9.17) is 0 Å². The first kappa shape index (κ1) is 8.84. The summed E-state index contributed by atoms with van der Waals surface area (Å²) in [4.78, 5) is 0. The van der Waals surface area contributed by atoms with Gasteiger partial charge in [0.2, 0.25) is 0 Å². The summed E-state index contributed by atoms with van der Waals surface area (Å²) >= 11 is 0. The molecular formula is C7H10F3O. The molecular weight excluding hydrogens is 157 g/mol. The minimum Gasteiger partial charge on any atom is -0.289 e. The van der Waals surface area contributed by atoms with E-state index in [9.17, 15) is 13.2 Å². The molecule has 1 nitrogen and oxygen atoms in total. The number of ether oxygens (including phenoxy) is 1. The van der Waals surface area contributed by atoms with Gasteiger partial charge >= 0.3 is 6.36 Å². The Morgan fingerprint density at radius 2 is 2.09 bits per heavy atom. The SMILES string of the molecule is FC(F)(F)OC1C[CH]CCC1. The lowest BCUT2D eigenvalue weighted by Crippen LogP contribution is -2.25. The molecule has 4 heteroatoms. The average molecular weight is 167 g/mol. The lowest BCUT2D eigenvalue weighted by molar-refractivity contribution is -0.344. The van der Waals surface area contributed by atoms with Crippen molar-refractivity contribution >= 4 is 0 Å². The van der Waals surface area contributed by atoms with E-state index in [1.807, 2.05) is 6.42 Å². The van der Waals surface area contributed by atoms with E-state index in [-0.39, 0.29) is 0 Å².